The summed E-state index contributed by atoms with van der Waals surface area (Å²) >= 11 is 1.90. The summed E-state index contributed by atoms with van der Waals surface area (Å²) in [7, 11) is 0. The monoisotopic (exact) mass is 577 g/mol. The quantitative estimate of drug-likeness (QED) is 0.193. The van der Waals surface area contributed by atoms with Gasteiger partial charge in [0.1, 0.15) is 0 Å². The van der Waals surface area contributed by atoms with Gasteiger partial charge in [0.05, 0.1) is 11.0 Å². The average molecular weight is 578 g/mol. The van der Waals surface area contributed by atoms with Crippen LogP contribution in [0.4, 0.5) is 0 Å². The zero-order chi connectivity index (χ0) is 28.8. The van der Waals surface area contributed by atoms with Gasteiger partial charge in [-0.3, -0.25) is 0 Å². The van der Waals surface area contributed by atoms with Gasteiger partial charge in [-0.15, -0.1) is 11.3 Å². The van der Waals surface area contributed by atoms with Gasteiger partial charge in [0, 0.05) is 48.5 Å². The normalized spacial score (nSPS) is 16.9. The Kier molecular flexibility index (Phi) is 5.05. The van der Waals surface area contributed by atoms with E-state index in [1.54, 1.807) is 0 Å². The first-order chi connectivity index (χ1) is 21.8. The van der Waals surface area contributed by atoms with E-state index in [0.717, 1.165) is 0 Å². The van der Waals surface area contributed by atoms with Crippen molar-refractivity contribution in [1.29, 1.82) is 0 Å². The molecule has 2 atom stereocenters. The van der Waals surface area contributed by atoms with E-state index in [1.807, 2.05) is 11.3 Å². The topological polar surface area (TPSA) is 4.93 Å². The van der Waals surface area contributed by atoms with Gasteiger partial charge in [-0.05, 0) is 69.8 Å². The van der Waals surface area contributed by atoms with E-state index >= 15 is 0 Å². The second kappa shape index (κ2) is 9.16. The Morgan fingerprint density at radius 3 is 2.11 bits per heavy atom. The highest BCUT2D eigenvalue weighted by molar-refractivity contribution is 7.26. The number of thiophene rings is 1. The Labute approximate surface area is 259 Å². The van der Waals surface area contributed by atoms with Crippen LogP contribution in [0.25, 0.3) is 69.9 Å². The fraction of sp³-hybridized carbons (Fsp3) is 0.0476. The molecule has 10 rings (SSSR count). The molecule has 2 heteroatoms. The van der Waals surface area contributed by atoms with Gasteiger partial charge in [-0.1, -0.05) is 115 Å². The summed E-state index contributed by atoms with van der Waals surface area (Å²) in [5, 5.41) is 5.26. The van der Waals surface area contributed by atoms with Crippen LogP contribution in [0.2, 0.25) is 0 Å². The van der Waals surface area contributed by atoms with Gasteiger partial charge in [-0.2, -0.15) is 0 Å². The van der Waals surface area contributed by atoms with Crippen molar-refractivity contribution in [2.45, 2.75) is 11.8 Å². The largest absolute Gasteiger partial charge is 0.309 e. The van der Waals surface area contributed by atoms with Crippen molar-refractivity contribution >= 4 is 53.3 Å². The van der Waals surface area contributed by atoms with Crippen LogP contribution in [-0.2, 0) is 0 Å². The minimum absolute atomic E-state index is 0.339. The van der Waals surface area contributed by atoms with E-state index < -0.39 is 0 Å². The molecule has 0 fully saturated rings. The van der Waals surface area contributed by atoms with E-state index in [1.165, 1.54) is 81.0 Å². The molecule has 2 unspecified atom stereocenters. The minimum atomic E-state index is 0.339. The van der Waals surface area contributed by atoms with Crippen LogP contribution in [0.3, 0.4) is 0 Å². The summed E-state index contributed by atoms with van der Waals surface area (Å²) in [4.78, 5) is 0. The molecule has 2 aliphatic rings. The number of benzene rings is 6. The summed E-state index contributed by atoms with van der Waals surface area (Å²) in [5.74, 6) is 0.711. The molecular weight excluding hydrogens is 551 g/mol. The van der Waals surface area contributed by atoms with Crippen LogP contribution in [0, 0.1) is 0 Å². The lowest BCUT2D eigenvalue weighted by Crippen LogP contribution is -2.16. The Bertz CT molecular complexity index is 2520. The lowest BCUT2D eigenvalue weighted by atomic mass is 9.70. The molecule has 0 radical (unpaired) electrons. The molecule has 44 heavy (non-hydrogen) atoms. The van der Waals surface area contributed by atoms with Crippen molar-refractivity contribution in [3.05, 3.63) is 163 Å². The molecule has 0 N–H and O–H groups in total. The lowest BCUT2D eigenvalue weighted by molar-refractivity contribution is 0.719. The average Bonchev–Trinajstić information content (AvgIpc) is 3.64. The van der Waals surface area contributed by atoms with Crippen molar-refractivity contribution in [3.8, 4) is 27.9 Å². The van der Waals surface area contributed by atoms with Crippen LogP contribution in [0.15, 0.2) is 152 Å². The minimum Gasteiger partial charge on any atom is -0.309 e. The van der Waals surface area contributed by atoms with E-state index in [4.69, 9.17) is 0 Å². The molecule has 0 aliphatic heterocycles. The van der Waals surface area contributed by atoms with Crippen molar-refractivity contribution < 1.29 is 0 Å². The first-order valence-corrected chi connectivity index (χ1v) is 16.2. The third kappa shape index (κ3) is 3.35. The highest BCUT2D eigenvalue weighted by Gasteiger charge is 2.32. The summed E-state index contributed by atoms with van der Waals surface area (Å²) in [6.45, 7) is 0. The molecule has 6 aromatic carbocycles. The molecule has 0 amide bonds. The maximum absolute atomic E-state index is 2.46. The van der Waals surface area contributed by atoms with E-state index in [9.17, 15) is 0 Å². The molecule has 0 bridgehead atoms. The van der Waals surface area contributed by atoms with Crippen LogP contribution in [0.1, 0.15) is 23.0 Å². The van der Waals surface area contributed by atoms with Crippen LogP contribution < -0.4 is 0 Å². The van der Waals surface area contributed by atoms with Gasteiger partial charge in [0.2, 0.25) is 0 Å². The van der Waals surface area contributed by atoms with Gasteiger partial charge in [0.15, 0.2) is 0 Å². The molecule has 2 aliphatic carbocycles. The molecule has 0 spiro atoms. The van der Waals surface area contributed by atoms with Gasteiger partial charge in [0.25, 0.3) is 0 Å². The third-order valence-corrected chi connectivity index (χ3v) is 11.0. The standard InChI is InChI=1S/C42H27NS/c1-2-12-31-29(10-1)30-11-3-4-13-32(30)37-25-27(21-22-33(31)37)43-39-18-7-5-14-34(39)38-24-26(20-23-40(38)43)28-16-9-17-36-35-15-6-8-19-41(35)44-42(28)36/h1-25,30,32H. The predicted octanol–water partition coefficient (Wildman–Crippen LogP) is 11.8. The molecular formula is C42H27NS. The van der Waals surface area contributed by atoms with Crippen LogP contribution in [-0.4, -0.2) is 4.57 Å². The molecule has 0 saturated carbocycles. The van der Waals surface area contributed by atoms with Crippen molar-refractivity contribution in [2.24, 2.45) is 0 Å². The lowest BCUT2D eigenvalue weighted by Gasteiger charge is -2.34. The Morgan fingerprint density at radius 1 is 0.477 bits per heavy atom. The third-order valence-electron chi connectivity index (χ3n) is 9.79. The molecule has 1 nitrogen and oxygen atoms in total. The summed E-state index contributed by atoms with van der Waals surface area (Å²) < 4.78 is 5.16. The number of nitrogens with zero attached hydrogens (tertiary/aromatic N) is 1. The fourth-order valence-electron chi connectivity index (χ4n) is 7.84. The first kappa shape index (κ1) is 24.3. The maximum atomic E-state index is 2.46. The highest BCUT2D eigenvalue weighted by atomic mass is 32.1. The van der Waals surface area contributed by atoms with Gasteiger partial charge in [-0.25, -0.2) is 0 Å². The first-order valence-electron chi connectivity index (χ1n) is 15.4. The zero-order valence-corrected chi connectivity index (χ0v) is 24.8. The van der Waals surface area contributed by atoms with E-state index in [-0.39, 0.29) is 0 Å². The van der Waals surface area contributed by atoms with Crippen molar-refractivity contribution in [3.63, 3.8) is 0 Å². The van der Waals surface area contributed by atoms with Crippen molar-refractivity contribution in [1.82, 2.24) is 4.57 Å². The number of hydrogen-bond donors (Lipinski definition) is 0. The maximum Gasteiger partial charge on any atom is 0.0541 e. The zero-order valence-electron chi connectivity index (χ0n) is 23.9. The van der Waals surface area contributed by atoms with E-state index in [0.29, 0.717) is 11.8 Å². The number of hydrogen-bond acceptors (Lipinski definition) is 1. The summed E-state index contributed by atoms with van der Waals surface area (Å²) in [5.41, 5.74) is 11.8. The highest BCUT2D eigenvalue weighted by Crippen LogP contribution is 2.50. The fourth-order valence-corrected chi connectivity index (χ4v) is 9.08. The SMILES string of the molecule is C1=CC2c3ccccc3-c3ccc(-n4c5ccccc5c5cc(-c6cccc7c6sc6ccccc67)ccc54)cc3C2C=C1. The summed E-state index contributed by atoms with van der Waals surface area (Å²) in [6, 6.07) is 47.5. The number of allylic oxidation sites excluding steroid dienone is 4. The smallest absolute Gasteiger partial charge is 0.0541 e. The van der Waals surface area contributed by atoms with E-state index in [2.05, 4.69) is 156 Å². The Hall–Kier alpha value is -5.18. The molecule has 2 heterocycles. The summed E-state index contributed by atoms with van der Waals surface area (Å²) in [6.07, 6.45) is 9.18. The van der Waals surface area contributed by atoms with Crippen LogP contribution in [0.5, 0.6) is 0 Å². The molecule has 2 aromatic heterocycles. The van der Waals surface area contributed by atoms with Crippen molar-refractivity contribution in [2.75, 3.05) is 0 Å². The Morgan fingerprint density at radius 2 is 1.18 bits per heavy atom. The Balaban J connectivity index is 1.19. The second-order valence-electron chi connectivity index (χ2n) is 12.0. The second-order valence-corrected chi connectivity index (χ2v) is 13.1. The molecule has 8 aromatic rings. The van der Waals surface area contributed by atoms with Crippen LogP contribution >= 0.6 is 11.3 Å². The number of para-hydroxylation sites is 1. The number of aromatic nitrogens is 1. The molecule has 206 valence electrons. The number of rotatable bonds is 2. The number of fused-ring (bicyclic) bond motifs is 12. The molecule has 0 saturated heterocycles. The van der Waals surface area contributed by atoms with Gasteiger partial charge >= 0.3 is 0 Å². The predicted molar refractivity (Wildman–Crippen MR) is 188 cm³/mol. The van der Waals surface area contributed by atoms with Gasteiger partial charge < -0.3 is 4.57 Å².